The Balaban J connectivity index is 2.28. The van der Waals surface area contributed by atoms with Gasteiger partial charge in [0.25, 0.3) is 0 Å². The van der Waals surface area contributed by atoms with E-state index in [2.05, 4.69) is 12.1 Å². The lowest BCUT2D eigenvalue weighted by molar-refractivity contribution is 0.409. The molecule has 2 nitrogen and oxygen atoms in total. The summed E-state index contributed by atoms with van der Waals surface area (Å²) >= 11 is 0. The molecule has 1 aliphatic carbocycles. The first-order chi connectivity index (χ1) is 8.26. The molecule has 1 fully saturated rings. The van der Waals surface area contributed by atoms with Gasteiger partial charge >= 0.3 is 0 Å². The molecular formula is C15H19NO. The van der Waals surface area contributed by atoms with Crippen molar-refractivity contribution < 1.29 is 4.74 Å². The lowest BCUT2D eigenvalue weighted by atomic mass is 9.85. The second kappa shape index (κ2) is 5.23. The maximum Gasteiger partial charge on any atom is 0.122 e. The van der Waals surface area contributed by atoms with Crippen LogP contribution in [0.15, 0.2) is 18.2 Å². The standard InChI is InChI=1S/C15H19NO/c1-11-7-8-13(9-15(11)17-2)14(10-16)12-5-3-4-6-12/h7-9,12,14H,3-6H2,1-2H3. The van der Waals surface area contributed by atoms with Gasteiger partial charge in [0, 0.05) is 0 Å². The van der Waals surface area contributed by atoms with E-state index < -0.39 is 0 Å². The normalized spacial score (nSPS) is 17.7. The van der Waals surface area contributed by atoms with E-state index in [9.17, 15) is 5.26 Å². The highest BCUT2D eigenvalue weighted by molar-refractivity contribution is 5.40. The second-order valence-electron chi connectivity index (χ2n) is 4.88. The van der Waals surface area contributed by atoms with Crippen molar-refractivity contribution in [1.29, 1.82) is 5.26 Å². The third-order valence-electron chi connectivity index (χ3n) is 3.80. The first-order valence-corrected chi connectivity index (χ1v) is 6.30. The number of nitriles is 1. The zero-order chi connectivity index (χ0) is 12.3. The van der Waals surface area contributed by atoms with Crippen molar-refractivity contribution in [3.63, 3.8) is 0 Å². The summed E-state index contributed by atoms with van der Waals surface area (Å²) in [4.78, 5) is 0. The number of hydrogen-bond acceptors (Lipinski definition) is 2. The molecule has 1 unspecified atom stereocenters. The molecule has 1 aliphatic rings. The fourth-order valence-corrected chi connectivity index (χ4v) is 2.77. The molecule has 17 heavy (non-hydrogen) atoms. The van der Waals surface area contributed by atoms with E-state index in [1.165, 1.54) is 25.7 Å². The van der Waals surface area contributed by atoms with E-state index in [1.807, 2.05) is 19.1 Å². The van der Waals surface area contributed by atoms with Gasteiger partial charge in [0.1, 0.15) is 5.75 Å². The van der Waals surface area contributed by atoms with Crippen LogP contribution >= 0.6 is 0 Å². The van der Waals surface area contributed by atoms with Gasteiger partial charge in [0.15, 0.2) is 0 Å². The van der Waals surface area contributed by atoms with E-state index in [-0.39, 0.29) is 5.92 Å². The zero-order valence-electron chi connectivity index (χ0n) is 10.6. The summed E-state index contributed by atoms with van der Waals surface area (Å²) in [5, 5.41) is 9.38. The highest BCUT2D eigenvalue weighted by atomic mass is 16.5. The third-order valence-corrected chi connectivity index (χ3v) is 3.80. The summed E-state index contributed by atoms with van der Waals surface area (Å²) in [6, 6.07) is 8.63. The van der Waals surface area contributed by atoms with Crippen LogP contribution in [-0.4, -0.2) is 7.11 Å². The molecule has 0 N–H and O–H groups in total. The van der Waals surface area contributed by atoms with Gasteiger partial charge in [-0.1, -0.05) is 25.0 Å². The summed E-state index contributed by atoms with van der Waals surface area (Å²) in [6.07, 6.45) is 4.92. The molecule has 1 aromatic carbocycles. The van der Waals surface area contributed by atoms with Crippen molar-refractivity contribution in [2.24, 2.45) is 5.92 Å². The molecule has 1 atom stereocenters. The Bertz CT molecular complexity index is 427. The third kappa shape index (κ3) is 2.44. The molecular weight excluding hydrogens is 210 g/mol. The molecule has 0 amide bonds. The highest BCUT2D eigenvalue weighted by Gasteiger charge is 2.26. The Hall–Kier alpha value is -1.49. The Morgan fingerprint density at radius 1 is 1.35 bits per heavy atom. The van der Waals surface area contributed by atoms with Crippen molar-refractivity contribution in [3.8, 4) is 11.8 Å². The monoisotopic (exact) mass is 229 g/mol. The summed E-state index contributed by atoms with van der Waals surface area (Å²) in [7, 11) is 1.68. The minimum atomic E-state index is 0.0343. The summed E-state index contributed by atoms with van der Waals surface area (Å²) in [6.45, 7) is 2.03. The summed E-state index contributed by atoms with van der Waals surface area (Å²) in [5.74, 6) is 1.46. The molecule has 0 bridgehead atoms. The fraction of sp³-hybridized carbons (Fsp3) is 0.533. The van der Waals surface area contributed by atoms with E-state index >= 15 is 0 Å². The number of methoxy groups -OCH3 is 1. The van der Waals surface area contributed by atoms with Crippen LogP contribution in [0.5, 0.6) is 5.75 Å². The average Bonchev–Trinajstić information content (AvgIpc) is 2.86. The molecule has 1 aromatic rings. The molecule has 0 saturated heterocycles. The van der Waals surface area contributed by atoms with E-state index in [0.29, 0.717) is 5.92 Å². The van der Waals surface area contributed by atoms with Crippen LogP contribution in [0.1, 0.15) is 42.7 Å². The van der Waals surface area contributed by atoms with E-state index in [4.69, 9.17) is 4.74 Å². The van der Waals surface area contributed by atoms with Crippen molar-refractivity contribution in [2.75, 3.05) is 7.11 Å². The van der Waals surface area contributed by atoms with Crippen LogP contribution in [0.2, 0.25) is 0 Å². The van der Waals surface area contributed by atoms with Crippen molar-refractivity contribution in [3.05, 3.63) is 29.3 Å². The predicted molar refractivity (Wildman–Crippen MR) is 68.0 cm³/mol. The molecule has 2 rings (SSSR count). The Morgan fingerprint density at radius 2 is 2.06 bits per heavy atom. The minimum Gasteiger partial charge on any atom is -0.496 e. The van der Waals surface area contributed by atoms with Crippen LogP contribution < -0.4 is 4.74 Å². The van der Waals surface area contributed by atoms with Crippen LogP contribution in [0.3, 0.4) is 0 Å². The number of hydrogen-bond donors (Lipinski definition) is 0. The van der Waals surface area contributed by atoms with Gasteiger partial charge in [-0.05, 0) is 42.9 Å². The molecule has 2 heteroatoms. The number of aryl methyl sites for hydroxylation is 1. The van der Waals surface area contributed by atoms with Crippen molar-refractivity contribution in [1.82, 2.24) is 0 Å². The molecule has 90 valence electrons. The molecule has 1 saturated carbocycles. The largest absolute Gasteiger partial charge is 0.496 e. The molecule has 0 aromatic heterocycles. The maximum absolute atomic E-state index is 9.38. The van der Waals surface area contributed by atoms with Crippen LogP contribution in [0, 0.1) is 24.2 Å². The number of benzene rings is 1. The Labute approximate surface area is 103 Å². The highest BCUT2D eigenvalue weighted by Crippen LogP contribution is 2.38. The zero-order valence-corrected chi connectivity index (χ0v) is 10.6. The van der Waals surface area contributed by atoms with Gasteiger partial charge in [-0.2, -0.15) is 5.26 Å². The number of ether oxygens (including phenoxy) is 1. The number of rotatable bonds is 3. The fourth-order valence-electron chi connectivity index (χ4n) is 2.77. The van der Waals surface area contributed by atoms with Crippen LogP contribution in [-0.2, 0) is 0 Å². The maximum atomic E-state index is 9.38. The first-order valence-electron chi connectivity index (χ1n) is 6.30. The van der Waals surface area contributed by atoms with Gasteiger partial charge in [0.05, 0.1) is 19.1 Å². The van der Waals surface area contributed by atoms with Crippen molar-refractivity contribution >= 4 is 0 Å². The smallest absolute Gasteiger partial charge is 0.122 e. The quantitative estimate of drug-likeness (QED) is 0.789. The van der Waals surface area contributed by atoms with Gasteiger partial charge in [-0.15, -0.1) is 0 Å². The van der Waals surface area contributed by atoms with E-state index in [0.717, 1.165) is 16.9 Å². The minimum absolute atomic E-state index is 0.0343. The molecule has 0 spiro atoms. The molecule has 0 heterocycles. The Morgan fingerprint density at radius 3 is 2.65 bits per heavy atom. The van der Waals surface area contributed by atoms with Gasteiger partial charge in [-0.25, -0.2) is 0 Å². The SMILES string of the molecule is COc1cc(C(C#N)C2CCCC2)ccc1C. The lowest BCUT2D eigenvalue weighted by Gasteiger charge is -2.18. The van der Waals surface area contributed by atoms with E-state index in [1.54, 1.807) is 7.11 Å². The second-order valence-corrected chi connectivity index (χ2v) is 4.88. The number of nitrogens with zero attached hydrogens (tertiary/aromatic N) is 1. The lowest BCUT2D eigenvalue weighted by Crippen LogP contribution is -2.08. The summed E-state index contributed by atoms with van der Waals surface area (Å²) in [5.41, 5.74) is 2.24. The van der Waals surface area contributed by atoms with Gasteiger partial charge in [0.2, 0.25) is 0 Å². The molecule has 0 aliphatic heterocycles. The average molecular weight is 229 g/mol. The topological polar surface area (TPSA) is 33.0 Å². The van der Waals surface area contributed by atoms with Gasteiger partial charge in [-0.3, -0.25) is 0 Å². The predicted octanol–water partition coefficient (Wildman–Crippen LogP) is 3.80. The summed E-state index contributed by atoms with van der Waals surface area (Å²) < 4.78 is 5.33. The van der Waals surface area contributed by atoms with Gasteiger partial charge < -0.3 is 4.74 Å². The van der Waals surface area contributed by atoms with Crippen LogP contribution in [0.4, 0.5) is 0 Å². The first kappa shape index (κ1) is 12.0. The van der Waals surface area contributed by atoms with Crippen LogP contribution in [0.25, 0.3) is 0 Å². The van der Waals surface area contributed by atoms with Crippen molar-refractivity contribution in [2.45, 2.75) is 38.5 Å². The molecule has 0 radical (unpaired) electrons. The Kier molecular flexibility index (Phi) is 3.68.